The molecule has 0 atom stereocenters. The summed E-state index contributed by atoms with van der Waals surface area (Å²) in [4.78, 5) is 0. The number of halogens is 1. The van der Waals surface area contributed by atoms with E-state index in [0.29, 0.717) is 0 Å². The maximum Gasteiger partial charge on any atom is 0.144 e. The molecule has 39 heavy (non-hydrogen) atoms. The zero-order valence-corrected chi connectivity index (χ0v) is 24.9. The fraction of sp³-hybridized carbons (Fsp3) is 0. The summed E-state index contributed by atoms with van der Waals surface area (Å²) in [6.07, 6.45) is 0. The SMILES string of the molecule is [Br-].c1ccc(P(c2ccccc2)c2cccc([P+](c3ccccc3)(c3ccccc3)c3ccccc3)c2)cc1. The molecule has 0 aromatic heterocycles. The van der Waals surface area contributed by atoms with Crippen molar-refractivity contribution in [3.63, 3.8) is 0 Å². The summed E-state index contributed by atoms with van der Waals surface area (Å²) in [6.45, 7) is 0. The molecule has 3 heteroatoms. The Hall–Kier alpha value is -3.34. The second-order valence-electron chi connectivity index (χ2n) is 9.20. The molecule has 0 heterocycles. The lowest BCUT2D eigenvalue weighted by molar-refractivity contribution is -0.00000709. The van der Waals surface area contributed by atoms with Gasteiger partial charge in [0.2, 0.25) is 0 Å². The Labute approximate surface area is 244 Å². The summed E-state index contributed by atoms with van der Waals surface area (Å²) in [5.74, 6) is 0. The van der Waals surface area contributed by atoms with E-state index in [1.807, 2.05) is 0 Å². The molecule has 0 spiro atoms. The van der Waals surface area contributed by atoms with Gasteiger partial charge in [0.05, 0.1) is 0 Å². The van der Waals surface area contributed by atoms with Gasteiger partial charge in [-0.3, -0.25) is 0 Å². The van der Waals surface area contributed by atoms with Crippen LogP contribution < -0.4 is 54.1 Å². The Morgan fingerprint density at radius 3 is 1.00 bits per heavy atom. The average Bonchev–Trinajstić information content (AvgIpc) is 3.01. The van der Waals surface area contributed by atoms with Crippen molar-refractivity contribution < 1.29 is 17.0 Å². The molecule has 0 N–H and O–H groups in total. The van der Waals surface area contributed by atoms with Gasteiger partial charge in [0.15, 0.2) is 0 Å². The van der Waals surface area contributed by atoms with Crippen molar-refractivity contribution in [2.45, 2.75) is 0 Å². The first-order chi connectivity index (χ1) is 18.9. The van der Waals surface area contributed by atoms with Gasteiger partial charge < -0.3 is 17.0 Å². The number of rotatable bonds is 7. The van der Waals surface area contributed by atoms with Crippen LogP contribution in [0.3, 0.4) is 0 Å². The van der Waals surface area contributed by atoms with Gasteiger partial charge in [0.25, 0.3) is 0 Å². The third kappa shape index (κ3) is 5.41. The summed E-state index contributed by atoms with van der Waals surface area (Å²) < 4.78 is 0. The van der Waals surface area contributed by atoms with Crippen LogP contribution in [0.1, 0.15) is 0 Å². The van der Waals surface area contributed by atoms with Crippen molar-refractivity contribution in [2.75, 3.05) is 0 Å². The minimum Gasteiger partial charge on any atom is -1.00 e. The quantitative estimate of drug-likeness (QED) is 0.246. The zero-order chi connectivity index (χ0) is 25.6. The van der Waals surface area contributed by atoms with Gasteiger partial charge in [-0.2, -0.15) is 0 Å². The highest BCUT2D eigenvalue weighted by atomic mass is 79.9. The molecular weight excluding hydrogens is 574 g/mol. The molecule has 6 aromatic rings. The Morgan fingerprint density at radius 1 is 0.308 bits per heavy atom. The van der Waals surface area contributed by atoms with Gasteiger partial charge in [-0.25, -0.2) is 0 Å². The minimum atomic E-state index is -2.15. The van der Waals surface area contributed by atoms with E-state index in [0.717, 1.165) is 0 Å². The highest BCUT2D eigenvalue weighted by Crippen LogP contribution is 2.54. The number of benzene rings is 6. The van der Waals surface area contributed by atoms with Crippen LogP contribution in [0.4, 0.5) is 0 Å². The molecule has 190 valence electrons. The van der Waals surface area contributed by atoms with E-state index in [-0.39, 0.29) is 17.0 Å². The molecule has 0 amide bonds. The van der Waals surface area contributed by atoms with Crippen LogP contribution in [0.15, 0.2) is 176 Å². The molecule has 6 rings (SSSR count). The van der Waals surface area contributed by atoms with Crippen molar-refractivity contribution in [1.29, 1.82) is 0 Å². The van der Waals surface area contributed by atoms with Crippen LogP contribution in [0.2, 0.25) is 0 Å². The van der Waals surface area contributed by atoms with Crippen LogP contribution >= 0.6 is 15.2 Å². The lowest BCUT2D eigenvalue weighted by Gasteiger charge is -2.28. The van der Waals surface area contributed by atoms with E-state index in [4.69, 9.17) is 0 Å². The van der Waals surface area contributed by atoms with Gasteiger partial charge in [0.1, 0.15) is 28.5 Å². The Kier molecular flexibility index (Phi) is 8.85. The first-order valence-corrected chi connectivity index (χ1v) is 16.1. The summed E-state index contributed by atoms with van der Waals surface area (Å²) in [7, 11) is -2.84. The zero-order valence-electron chi connectivity index (χ0n) is 21.5. The highest BCUT2D eigenvalue weighted by molar-refractivity contribution is 8.01. The normalized spacial score (nSPS) is 11.1. The molecule has 0 saturated carbocycles. The first-order valence-electron chi connectivity index (χ1n) is 12.9. The third-order valence-electron chi connectivity index (χ3n) is 6.93. The molecule has 0 unspecified atom stereocenters. The second kappa shape index (κ2) is 12.7. The minimum absolute atomic E-state index is 0. The van der Waals surface area contributed by atoms with Gasteiger partial charge >= 0.3 is 0 Å². The van der Waals surface area contributed by atoms with Gasteiger partial charge in [-0.15, -0.1) is 0 Å². The summed E-state index contributed by atoms with van der Waals surface area (Å²) in [5, 5.41) is 9.62. The van der Waals surface area contributed by atoms with Crippen LogP contribution in [0.5, 0.6) is 0 Å². The fourth-order valence-corrected chi connectivity index (χ4v) is 12.0. The number of hydrogen-bond acceptors (Lipinski definition) is 0. The van der Waals surface area contributed by atoms with E-state index in [9.17, 15) is 0 Å². The van der Waals surface area contributed by atoms with E-state index < -0.39 is 15.2 Å². The van der Waals surface area contributed by atoms with E-state index in [1.54, 1.807) is 0 Å². The van der Waals surface area contributed by atoms with Gasteiger partial charge in [-0.05, 0) is 72.4 Å². The molecule has 0 radical (unpaired) electrons. The average molecular weight is 603 g/mol. The molecule has 0 fully saturated rings. The van der Waals surface area contributed by atoms with E-state index >= 15 is 0 Å². The van der Waals surface area contributed by atoms with Crippen molar-refractivity contribution >= 4 is 52.3 Å². The first kappa shape index (κ1) is 27.2. The molecule has 0 aliphatic rings. The molecule has 0 saturated heterocycles. The second-order valence-corrected chi connectivity index (χ2v) is 14.8. The fourth-order valence-electron chi connectivity index (χ4n) is 5.29. The predicted molar refractivity (Wildman–Crippen MR) is 170 cm³/mol. The van der Waals surface area contributed by atoms with Gasteiger partial charge in [0, 0.05) is 0 Å². The third-order valence-corrected chi connectivity index (χ3v) is 13.6. The monoisotopic (exact) mass is 602 g/mol. The Morgan fingerprint density at radius 2 is 0.615 bits per heavy atom. The Balaban J connectivity index is 0.00000308. The van der Waals surface area contributed by atoms with Crippen molar-refractivity contribution in [1.82, 2.24) is 0 Å². The summed E-state index contributed by atoms with van der Waals surface area (Å²) >= 11 is 0. The Bertz CT molecular complexity index is 1450. The molecular formula is C36H29BrP2. The maximum atomic E-state index is 2.51. The lowest BCUT2D eigenvalue weighted by Crippen LogP contribution is -3.00. The van der Waals surface area contributed by atoms with E-state index in [1.165, 1.54) is 37.1 Å². The summed E-state index contributed by atoms with van der Waals surface area (Å²) in [6, 6.07) is 64.8. The summed E-state index contributed by atoms with van der Waals surface area (Å²) in [5.41, 5.74) is 0. The lowest BCUT2D eigenvalue weighted by atomic mass is 10.3. The van der Waals surface area contributed by atoms with Crippen LogP contribution in [-0.2, 0) is 0 Å². The molecule has 0 aliphatic carbocycles. The van der Waals surface area contributed by atoms with Crippen molar-refractivity contribution in [3.8, 4) is 0 Å². The van der Waals surface area contributed by atoms with Crippen LogP contribution in [0.25, 0.3) is 0 Å². The molecule has 6 aromatic carbocycles. The molecule has 0 aliphatic heterocycles. The molecule has 0 nitrogen and oxygen atoms in total. The topological polar surface area (TPSA) is 0 Å². The van der Waals surface area contributed by atoms with E-state index in [2.05, 4.69) is 176 Å². The smallest absolute Gasteiger partial charge is 0.144 e. The molecule has 0 bridgehead atoms. The number of hydrogen-bond donors (Lipinski definition) is 0. The van der Waals surface area contributed by atoms with Crippen molar-refractivity contribution in [2.24, 2.45) is 0 Å². The maximum absolute atomic E-state index is 2.51. The predicted octanol–water partition coefficient (Wildman–Crippen LogP) is 3.07. The standard InChI is InChI=1S/C36H29P2.BrH/c1-6-17-30(18-7-1)37(31-19-8-2-9-20-31)32-21-16-28-36(29-32)38(33-22-10-3-11-23-33,34-24-12-4-13-25-34)35-26-14-5-15-27-35;/h1-29H;1H/q+1;/p-1. The van der Waals surface area contributed by atoms with Crippen LogP contribution in [-0.4, -0.2) is 0 Å². The highest BCUT2D eigenvalue weighted by Gasteiger charge is 2.48. The largest absolute Gasteiger partial charge is 1.00 e. The van der Waals surface area contributed by atoms with Crippen molar-refractivity contribution in [3.05, 3.63) is 176 Å². The van der Waals surface area contributed by atoms with Crippen LogP contribution in [0, 0.1) is 0 Å². The van der Waals surface area contributed by atoms with Gasteiger partial charge in [-0.1, -0.05) is 127 Å².